The van der Waals surface area contributed by atoms with Crippen LogP contribution >= 0.6 is 0 Å². The molecular weight excluding hydrogens is 402 g/mol. The van der Waals surface area contributed by atoms with Crippen LogP contribution in [0.2, 0.25) is 0 Å². The van der Waals surface area contributed by atoms with Crippen LogP contribution in [0.3, 0.4) is 0 Å². The highest BCUT2D eigenvalue weighted by molar-refractivity contribution is 7.86. The van der Waals surface area contributed by atoms with Gasteiger partial charge in [-0.2, -0.15) is 8.42 Å². The summed E-state index contributed by atoms with van der Waals surface area (Å²) in [5.41, 5.74) is 7.28. The topological polar surface area (TPSA) is 163 Å². The highest BCUT2D eigenvalue weighted by atomic mass is 32.2. The Balaban J connectivity index is 1.51. The summed E-state index contributed by atoms with van der Waals surface area (Å²) in [6.07, 6.45) is -2.30. The van der Waals surface area contributed by atoms with Crippen molar-refractivity contribution in [1.29, 1.82) is 0 Å². The van der Waals surface area contributed by atoms with Gasteiger partial charge in [-0.05, 0) is 19.1 Å². The van der Waals surface area contributed by atoms with Crippen molar-refractivity contribution >= 4 is 27.1 Å². The number of nitrogen functional groups attached to an aromatic ring is 1. The molecule has 0 saturated carbocycles. The van der Waals surface area contributed by atoms with Crippen molar-refractivity contribution in [2.75, 3.05) is 12.3 Å². The van der Waals surface area contributed by atoms with Crippen molar-refractivity contribution in [1.82, 2.24) is 19.5 Å². The Morgan fingerprint density at radius 3 is 2.62 bits per heavy atom. The molecule has 12 heteroatoms. The number of nitrogens with zero attached hydrogens (tertiary/aromatic N) is 4. The Bertz CT molecular complexity index is 1130. The smallest absolute Gasteiger partial charge is 0.297 e. The van der Waals surface area contributed by atoms with Crippen LogP contribution in [0.4, 0.5) is 5.82 Å². The van der Waals surface area contributed by atoms with E-state index in [1.165, 1.54) is 29.4 Å². The number of fused-ring (bicyclic) bond motifs is 1. The third-order valence-corrected chi connectivity index (χ3v) is 5.99. The SMILES string of the molecule is Cc1ccc(S(=O)(=O)OC[C@H]2O[C@@H](n3cnc4c(N)ncnc43)C(O)C2O)cc1. The van der Waals surface area contributed by atoms with Crippen molar-refractivity contribution in [3.8, 4) is 0 Å². The maximum atomic E-state index is 12.3. The summed E-state index contributed by atoms with van der Waals surface area (Å²) in [6, 6.07) is 6.15. The Hall–Kier alpha value is -2.64. The number of aliphatic hydroxyl groups is 2. The molecule has 0 spiro atoms. The van der Waals surface area contributed by atoms with Gasteiger partial charge in [0.2, 0.25) is 0 Å². The number of hydrogen-bond donors (Lipinski definition) is 3. The van der Waals surface area contributed by atoms with Gasteiger partial charge in [-0.25, -0.2) is 15.0 Å². The van der Waals surface area contributed by atoms with Crippen molar-refractivity contribution in [3.05, 3.63) is 42.5 Å². The lowest BCUT2D eigenvalue weighted by molar-refractivity contribution is -0.0467. The summed E-state index contributed by atoms with van der Waals surface area (Å²) in [5, 5.41) is 20.7. The second-order valence-corrected chi connectivity index (χ2v) is 8.30. The predicted octanol–water partition coefficient (Wildman–Crippen LogP) is -0.258. The minimum absolute atomic E-state index is 0.0135. The molecule has 1 saturated heterocycles. The number of anilines is 1. The molecule has 0 amide bonds. The number of nitrogens with two attached hydrogens (primary N) is 1. The van der Waals surface area contributed by atoms with E-state index in [4.69, 9.17) is 14.7 Å². The van der Waals surface area contributed by atoms with E-state index in [0.717, 1.165) is 5.56 Å². The third kappa shape index (κ3) is 3.56. The Morgan fingerprint density at radius 2 is 1.90 bits per heavy atom. The van der Waals surface area contributed by atoms with E-state index in [-0.39, 0.29) is 10.7 Å². The first-order chi connectivity index (χ1) is 13.8. The summed E-state index contributed by atoms with van der Waals surface area (Å²) < 4.78 is 36.8. The van der Waals surface area contributed by atoms with E-state index in [2.05, 4.69) is 15.0 Å². The molecule has 0 radical (unpaired) electrons. The van der Waals surface area contributed by atoms with Gasteiger partial charge in [-0.15, -0.1) is 0 Å². The van der Waals surface area contributed by atoms with Gasteiger partial charge < -0.3 is 20.7 Å². The summed E-state index contributed by atoms with van der Waals surface area (Å²) >= 11 is 0. The quantitative estimate of drug-likeness (QED) is 0.468. The van der Waals surface area contributed by atoms with Gasteiger partial charge >= 0.3 is 0 Å². The van der Waals surface area contributed by atoms with Crippen LogP contribution in [0.1, 0.15) is 11.8 Å². The molecule has 1 fully saturated rings. The zero-order chi connectivity index (χ0) is 20.8. The molecule has 154 valence electrons. The van der Waals surface area contributed by atoms with Crippen molar-refractivity contribution < 1.29 is 27.6 Å². The Labute approximate surface area is 165 Å². The number of hydrogen-bond acceptors (Lipinski definition) is 10. The highest BCUT2D eigenvalue weighted by Crippen LogP contribution is 2.32. The number of aromatic nitrogens is 4. The fourth-order valence-corrected chi connectivity index (χ4v) is 4.00. The molecule has 1 aromatic carbocycles. The molecule has 3 heterocycles. The summed E-state index contributed by atoms with van der Waals surface area (Å²) in [5.74, 6) is 0.158. The van der Waals surface area contributed by atoms with E-state index in [1.54, 1.807) is 12.1 Å². The van der Waals surface area contributed by atoms with Crippen LogP contribution in [0.15, 0.2) is 41.8 Å². The summed E-state index contributed by atoms with van der Waals surface area (Å²) in [4.78, 5) is 12.0. The number of rotatable bonds is 5. The Kier molecular flexibility index (Phi) is 4.96. The normalized spacial score (nSPS) is 24.9. The van der Waals surface area contributed by atoms with E-state index in [0.29, 0.717) is 11.2 Å². The third-order valence-electron chi connectivity index (χ3n) is 4.70. The zero-order valence-electron chi connectivity index (χ0n) is 15.3. The molecule has 1 aliphatic heterocycles. The molecule has 11 nitrogen and oxygen atoms in total. The second kappa shape index (κ2) is 7.31. The fourth-order valence-electron chi connectivity index (χ4n) is 3.08. The van der Waals surface area contributed by atoms with Gasteiger partial charge in [-0.3, -0.25) is 8.75 Å². The van der Waals surface area contributed by atoms with Crippen LogP contribution < -0.4 is 5.73 Å². The van der Waals surface area contributed by atoms with E-state index in [1.807, 2.05) is 6.92 Å². The molecule has 0 aliphatic carbocycles. The molecule has 3 aromatic rings. The maximum absolute atomic E-state index is 12.3. The van der Waals surface area contributed by atoms with Crippen molar-refractivity contribution in [3.63, 3.8) is 0 Å². The number of aliphatic hydroxyl groups excluding tert-OH is 2. The number of aryl methyl sites for hydroxylation is 1. The van der Waals surface area contributed by atoms with Gasteiger partial charge in [-0.1, -0.05) is 17.7 Å². The predicted molar refractivity (Wildman–Crippen MR) is 100.0 cm³/mol. The van der Waals surface area contributed by atoms with Crippen LogP contribution in [0.25, 0.3) is 11.2 Å². The molecule has 4 N–H and O–H groups in total. The van der Waals surface area contributed by atoms with Crippen LogP contribution in [-0.4, -0.2) is 63.1 Å². The molecule has 0 bridgehead atoms. The lowest BCUT2D eigenvalue weighted by Gasteiger charge is -2.16. The van der Waals surface area contributed by atoms with Gasteiger partial charge in [0.15, 0.2) is 17.7 Å². The molecule has 4 atom stereocenters. The summed E-state index contributed by atoms with van der Waals surface area (Å²) in [7, 11) is -4.05. The second-order valence-electron chi connectivity index (χ2n) is 6.68. The first-order valence-electron chi connectivity index (χ1n) is 8.68. The molecule has 29 heavy (non-hydrogen) atoms. The average molecular weight is 421 g/mol. The zero-order valence-corrected chi connectivity index (χ0v) is 16.1. The first-order valence-corrected chi connectivity index (χ1v) is 10.1. The van der Waals surface area contributed by atoms with Crippen molar-refractivity contribution in [2.45, 2.75) is 36.4 Å². The van der Waals surface area contributed by atoms with E-state index < -0.39 is 41.3 Å². The van der Waals surface area contributed by atoms with Crippen LogP contribution in [0.5, 0.6) is 0 Å². The van der Waals surface area contributed by atoms with Gasteiger partial charge in [0.05, 0.1) is 17.8 Å². The number of ether oxygens (including phenoxy) is 1. The maximum Gasteiger partial charge on any atom is 0.297 e. The van der Waals surface area contributed by atoms with Crippen molar-refractivity contribution in [2.24, 2.45) is 0 Å². The van der Waals surface area contributed by atoms with Gasteiger partial charge in [0.25, 0.3) is 10.1 Å². The lowest BCUT2D eigenvalue weighted by Crippen LogP contribution is -2.34. The minimum atomic E-state index is -4.05. The minimum Gasteiger partial charge on any atom is -0.387 e. The first kappa shape index (κ1) is 19.7. The van der Waals surface area contributed by atoms with Crippen LogP contribution in [0, 0.1) is 6.92 Å². The average Bonchev–Trinajstić information content (AvgIpc) is 3.24. The van der Waals surface area contributed by atoms with E-state index >= 15 is 0 Å². The number of benzene rings is 1. The molecule has 2 unspecified atom stereocenters. The molecule has 4 rings (SSSR count). The lowest BCUT2D eigenvalue weighted by atomic mass is 10.1. The van der Waals surface area contributed by atoms with E-state index in [9.17, 15) is 18.6 Å². The fraction of sp³-hybridized carbons (Fsp3) is 0.353. The molecule has 1 aliphatic rings. The van der Waals surface area contributed by atoms with Crippen LogP contribution in [-0.2, 0) is 19.0 Å². The monoisotopic (exact) mass is 421 g/mol. The Morgan fingerprint density at radius 1 is 1.17 bits per heavy atom. The number of imidazole rings is 1. The van der Waals surface area contributed by atoms with Gasteiger partial charge in [0.1, 0.15) is 30.2 Å². The molecule has 2 aromatic heterocycles. The standard InChI is InChI=1S/C17H19N5O6S/c1-9-2-4-10(5-3-9)29(25,26)27-6-11-13(23)14(24)17(28-11)22-8-21-12-15(18)19-7-20-16(12)22/h2-5,7-8,11,13-14,17,23-24H,6H2,1H3,(H2,18,19,20)/t11-,13?,14?,17-/m1/s1. The van der Waals surface area contributed by atoms with Gasteiger partial charge in [0, 0.05) is 0 Å². The largest absolute Gasteiger partial charge is 0.387 e. The highest BCUT2D eigenvalue weighted by Gasteiger charge is 2.45. The molecular formula is C17H19N5O6S. The summed E-state index contributed by atoms with van der Waals surface area (Å²) in [6.45, 7) is 1.36.